The quantitative estimate of drug-likeness (QED) is 0.566. The summed E-state index contributed by atoms with van der Waals surface area (Å²) < 4.78 is 6.08. The molecule has 0 aliphatic rings. The van der Waals surface area contributed by atoms with Gasteiger partial charge in [0.2, 0.25) is 11.9 Å². The second kappa shape index (κ2) is 8.34. The summed E-state index contributed by atoms with van der Waals surface area (Å²) in [5.41, 5.74) is 6.80. The summed E-state index contributed by atoms with van der Waals surface area (Å²) >= 11 is 1.12. The molecule has 1 atom stereocenters. The van der Waals surface area contributed by atoms with Crippen LogP contribution < -0.4 is 11.1 Å². The topological polar surface area (TPSA) is 112 Å². The van der Waals surface area contributed by atoms with E-state index in [2.05, 4.69) is 20.3 Å². The maximum absolute atomic E-state index is 12.4. The molecule has 1 aromatic carbocycles. The van der Waals surface area contributed by atoms with Gasteiger partial charge in [0.05, 0.1) is 12.9 Å². The van der Waals surface area contributed by atoms with Crippen molar-refractivity contribution in [2.24, 2.45) is 0 Å². The fourth-order valence-electron chi connectivity index (χ4n) is 1.98. The van der Waals surface area contributed by atoms with E-state index < -0.39 is 12.0 Å². The van der Waals surface area contributed by atoms with Crippen molar-refractivity contribution in [2.75, 3.05) is 18.6 Å². The van der Waals surface area contributed by atoms with Crippen LogP contribution in [-0.2, 0) is 20.9 Å². The number of carbonyl (C=O) groups is 2. The highest BCUT2D eigenvalue weighted by Gasteiger charge is 2.22. The van der Waals surface area contributed by atoms with E-state index in [-0.39, 0.29) is 17.6 Å². The number of hydrogen-bond donors (Lipinski definition) is 2. The number of nitrogen functional groups attached to an aromatic ring is 1. The van der Waals surface area contributed by atoms with Crippen molar-refractivity contribution in [1.82, 2.24) is 20.1 Å². The zero-order chi connectivity index (χ0) is 17.5. The Balaban J connectivity index is 2.02. The first-order chi connectivity index (χ1) is 11.5. The van der Waals surface area contributed by atoms with Crippen LogP contribution in [0, 0.1) is 0 Å². The molecule has 0 fully saturated rings. The van der Waals surface area contributed by atoms with Crippen molar-refractivity contribution in [3.8, 4) is 0 Å². The Morgan fingerprint density at radius 1 is 1.33 bits per heavy atom. The van der Waals surface area contributed by atoms with Gasteiger partial charge in [-0.05, 0) is 12.5 Å². The van der Waals surface area contributed by atoms with Gasteiger partial charge in [-0.1, -0.05) is 42.1 Å². The maximum atomic E-state index is 12.4. The highest BCUT2D eigenvalue weighted by Crippen LogP contribution is 2.23. The lowest BCUT2D eigenvalue weighted by Crippen LogP contribution is -2.31. The average Bonchev–Trinajstić information content (AvgIpc) is 2.98. The number of benzene rings is 1. The second-order valence-corrected chi connectivity index (χ2v) is 5.90. The van der Waals surface area contributed by atoms with Gasteiger partial charge in [0, 0.05) is 6.54 Å². The number of ether oxygens (including phenoxy) is 1. The van der Waals surface area contributed by atoms with Crippen molar-refractivity contribution >= 4 is 29.6 Å². The lowest BCUT2D eigenvalue weighted by atomic mass is 10.2. The van der Waals surface area contributed by atoms with Crippen molar-refractivity contribution in [1.29, 1.82) is 0 Å². The van der Waals surface area contributed by atoms with Gasteiger partial charge < -0.3 is 15.8 Å². The summed E-state index contributed by atoms with van der Waals surface area (Å²) in [5, 5.41) is 10.9. The number of thioether (sulfide) groups is 1. The van der Waals surface area contributed by atoms with Gasteiger partial charge in [0.1, 0.15) is 6.04 Å². The Hall–Kier alpha value is -2.55. The SMILES string of the molecule is COC(=O)CSc1nnc(N)n1C(C)C(=O)NCc1ccccc1. The molecule has 3 N–H and O–H groups in total. The Kier molecular flexibility index (Phi) is 6.19. The standard InChI is InChI=1S/C15H19N5O3S/c1-10(13(22)17-8-11-6-4-3-5-7-11)20-14(16)18-19-15(20)24-9-12(21)23-2/h3-7,10H,8-9H2,1-2H3,(H2,16,18)(H,17,22). The monoisotopic (exact) mass is 349 g/mol. The van der Waals surface area contributed by atoms with Gasteiger partial charge in [-0.2, -0.15) is 0 Å². The second-order valence-electron chi connectivity index (χ2n) is 4.95. The van der Waals surface area contributed by atoms with Crippen LogP contribution in [0.4, 0.5) is 5.95 Å². The minimum absolute atomic E-state index is 0.0625. The lowest BCUT2D eigenvalue weighted by Gasteiger charge is -2.16. The fourth-order valence-corrected chi connectivity index (χ4v) is 2.84. The fraction of sp³-hybridized carbons (Fsp3) is 0.333. The molecule has 24 heavy (non-hydrogen) atoms. The minimum atomic E-state index is -0.608. The van der Waals surface area contributed by atoms with E-state index >= 15 is 0 Å². The zero-order valence-electron chi connectivity index (χ0n) is 13.4. The van der Waals surface area contributed by atoms with Gasteiger partial charge in [-0.3, -0.25) is 14.2 Å². The Bertz CT molecular complexity index is 704. The minimum Gasteiger partial charge on any atom is -0.468 e. The van der Waals surface area contributed by atoms with E-state index in [0.29, 0.717) is 11.7 Å². The third-order valence-corrected chi connectivity index (χ3v) is 4.23. The normalized spacial score (nSPS) is 11.8. The summed E-state index contributed by atoms with van der Waals surface area (Å²) in [6, 6.07) is 8.97. The van der Waals surface area contributed by atoms with E-state index in [9.17, 15) is 9.59 Å². The van der Waals surface area contributed by atoms with Crippen molar-refractivity contribution in [3.05, 3.63) is 35.9 Å². The zero-order valence-corrected chi connectivity index (χ0v) is 14.2. The Morgan fingerprint density at radius 3 is 2.71 bits per heavy atom. The van der Waals surface area contributed by atoms with Gasteiger partial charge in [-0.15, -0.1) is 10.2 Å². The van der Waals surface area contributed by atoms with E-state index in [4.69, 9.17) is 5.73 Å². The third-order valence-electron chi connectivity index (χ3n) is 3.31. The average molecular weight is 349 g/mol. The largest absolute Gasteiger partial charge is 0.468 e. The summed E-state index contributed by atoms with van der Waals surface area (Å²) in [5.74, 6) is -0.434. The smallest absolute Gasteiger partial charge is 0.316 e. The van der Waals surface area contributed by atoms with Gasteiger partial charge in [-0.25, -0.2) is 0 Å². The molecule has 0 saturated heterocycles. The molecule has 0 radical (unpaired) electrons. The molecule has 1 unspecified atom stereocenters. The molecule has 128 valence electrons. The molecule has 0 aliphatic heterocycles. The predicted octanol–water partition coefficient (Wildman–Crippen LogP) is 1.00. The number of nitrogens with two attached hydrogens (primary N) is 1. The highest BCUT2D eigenvalue weighted by molar-refractivity contribution is 7.99. The van der Waals surface area contributed by atoms with E-state index in [1.54, 1.807) is 6.92 Å². The summed E-state index contributed by atoms with van der Waals surface area (Å²) in [7, 11) is 1.31. The molecule has 0 bridgehead atoms. The number of rotatable bonds is 7. The molecule has 1 aromatic heterocycles. The van der Waals surface area contributed by atoms with E-state index in [1.807, 2.05) is 30.3 Å². The highest BCUT2D eigenvalue weighted by atomic mass is 32.2. The van der Waals surface area contributed by atoms with Crippen molar-refractivity contribution in [3.63, 3.8) is 0 Å². The number of nitrogens with one attached hydrogen (secondary N) is 1. The number of nitrogens with zero attached hydrogens (tertiary/aromatic N) is 3. The van der Waals surface area contributed by atoms with Crippen LogP contribution >= 0.6 is 11.8 Å². The molecule has 2 rings (SSSR count). The number of methoxy groups -OCH3 is 1. The van der Waals surface area contributed by atoms with Crippen LogP contribution in [0.25, 0.3) is 0 Å². The molecule has 1 amide bonds. The number of hydrogen-bond acceptors (Lipinski definition) is 7. The maximum Gasteiger partial charge on any atom is 0.316 e. The van der Waals surface area contributed by atoms with Crippen LogP contribution in [0.2, 0.25) is 0 Å². The van der Waals surface area contributed by atoms with E-state index in [1.165, 1.54) is 11.7 Å². The molecule has 8 nitrogen and oxygen atoms in total. The van der Waals surface area contributed by atoms with Crippen LogP contribution in [0.3, 0.4) is 0 Å². The third kappa shape index (κ3) is 4.48. The number of esters is 1. The molecule has 0 spiro atoms. The molecule has 9 heteroatoms. The number of carbonyl (C=O) groups excluding carboxylic acids is 2. The predicted molar refractivity (Wildman–Crippen MR) is 90.2 cm³/mol. The lowest BCUT2D eigenvalue weighted by molar-refractivity contribution is -0.137. The Morgan fingerprint density at radius 2 is 2.04 bits per heavy atom. The molecule has 2 aromatic rings. The summed E-state index contributed by atoms with van der Waals surface area (Å²) in [6.07, 6.45) is 0. The first-order valence-corrected chi connectivity index (χ1v) is 8.23. The molecule has 0 aliphatic carbocycles. The van der Waals surface area contributed by atoms with Gasteiger partial charge >= 0.3 is 5.97 Å². The summed E-state index contributed by atoms with van der Waals surface area (Å²) in [6.45, 7) is 2.11. The molecule has 1 heterocycles. The first-order valence-electron chi connectivity index (χ1n) is 7.24. The number of amides is 1. The van der Waals surface area contributed by atoms with Crippen LogP contribution in [0.15, 0.2) is 35.5 Å². The van der Waals surface area contributed by atoms with E-state index in [0.717, 1.165) is 17.3 Å². The van der Waals surface area contributed by atoms with Crippen molar-refractivity contribution < 1.29 is 14.3 Å². The number of anilines is 1. The van der Waals surface area contributed by atoms with Crippen LogP contribution in [-0.4, -0.2) is 39.5 Å². The number of aromatic nitrogens is 3. The molecular weight excluding hydrogens is 330 g/mol. The Labute approximate surface area is 143 Å². The summed E-state index contributed by atoms with van der Waals surface area (Å²) in [4.78, 5) is 23.6. The van der Waals surface area contributed by atoms with Crippen LogP contribution in [0.5, 0.6) is 0 Å². The molecule has 0 saturated carbocycles. The van der Waals surface area contributed by atoms with Gasteiger partial charge in [0.15, 0.2) is 5.16 Å². The first kappa shape index (κ1) is 17.8. The van der Waals surface area contributed by atoms with Crippen molar-refractivity contribution in [2.45, 2.75) is 24.7 Å². The van der Waals surface area contributed by atoms with Crippen LogP contribution in [0.1, 0.15) is 18.5 Å². The van der Waals surface area contributed by atoms with Gasteiger partial charge in [0.25, 0.3) is 0 Å². The molecular formula is C15H19N5O3S.